The molecule has 0 atom stereocenters. The zero-order chi connectivity index (χ0) is 18.6. The van der Waals surface area contributed by atoms with Crippen molar-refractivity contribution in [1.82, 2.24) is 0 Å². The molecule has 5 heteroatoms. The summed E-state index contributed by atoms with van der Waals surface area (Å²) in [5.74, 6) is 1.62. The first-order valence-electron chi connectivity index (χ1n) is 8.76. The molecule has 0 bridgehead atoms. The second kappa shape index (κ2) is 11.3. The molecule has 0 saturated carbocycles. The van der Waals surface area contributed by atoms with Gasteiger partial charge >= 0.3 is 0 Å². The predicted molar refractivity (Wildman–Crippen MR) is 100 cm³/mol. The van der Waals surface area contributed by atoms with E-state index in [9.17, 15) is 4.79 Å². The summed E-state index contributed by atoms with van der Waals surface area (Å²) in [6.07, 6.45) is 2.50. The fraction of sp³-hybridized carbons (Fsp3) is 0.381. The van der Waals surface area contributed by atoms with Gasteiger partial charge in [0.1, 0.15) is 31.2 Å². The quantitative estimate of drug-likeness (QED) is 0.327. The molecule has 0 aliphatic rings. The maximum Gasteiger partial charge on any atom is 0.150 e. The summed E-state index contributed by atoms with van der Waals surface area (Å²) in [5, 5.41) is 0. The highest BCUT2D eigenvalue weighted by molar-refractivity contribution is 5.75. The van der Waals surface area contributed by atoms with E-state index in [1.54, 1.807) is 13.2 Å². The molecule has 0 radical (unpaired) electrons. The Labute approximate surface area is 154 Å². The Hall–Kier alpha value is -2.37. The first kappa shape index (κ1) is 19.9. The lowest BCUT2D eigenvalue weighted by Crippen LogP contribution is -2.09. The molecule has 2 aromatic carbocycles. The second-order valence-corrected chi connectivity index (χ2v) is 5.82. The average molecular weight is 358 g/mol. The highest BCUT2D eigenvalue weighted by atomic mass is 16.7. The summed E-state index contributed by atoms with van der Waals surface area (Å²) in [7, 11) is 1.58. The zero-order valence-electron chi connectivity index (χ0n) is 15.4. The van der Waals surface area contributed by atoms with Crippen molar-refractivity contribution in [1.29, 1.82) is 0 Å². The number of benzene rings is 2. The smallest absolute Gasteiger partial charge is 0.150 e. The minimum atomic E-state index is 0.243. The monoisotopic (exact) mass is 358 g/mol. The molecule has 0 N–H and O–H groups in total. The summed E-state index contributed by atoms with van der Waals surface area (Å²) in [6, 6.07) is 13.4. The Morgan fingerprint density at radius 2 is 1.77 bits per heavy atom. The molecule has 0 amide bonds. The topological polar surface area (TPSA) is 54.0 Å². The zero-order valence-corrected chi connectivity index (χ0v) is 15.4. The van der Waals surface area contributed by atoms with Gasteiger partial charge in [-0.1, -0.05) is 19.1 Å². The first-order valence-corrected chi connectivity index (χ1v) is 8.76. The van der Waals surface area contributed by atoms with Crippen molar-refractivity contribution in [3.8, 4) is 11.5 Å². The highest BCUT2D eigenvalue weighted by Crippen LogP contribution is 2.24. The lowest BCUT2D eigenvalue weighted by atomic mass is 10.0. The molecule has 26 heavy (non-hydrogen) atoms. The molecule has 5 nitrogen and oxygen atoms in total. The number of methoxy groups -OCH3 is 1. The van der Waals surface area contributed by atoms with Gasteiger partial charge in [0.25, 0.3) is 0 Å². The molecule has 2 aromatic rings. The molecule has 0 spiro atoms. The Kier molecular flexibility index (Phi) is 8.66. The van der Waals surface area contributed by atoms with Crippen LogP contribution in [0.15, 0.2) is 42.5 Å². The number of ether oxygens (including phenoxy) is 4. The van der Waals surface area contributed by atoms with Crippen molar-refractivity contribution >= 4 is 6.29 Å². The van der Waals surface area contributed by atoms with Crippen LogP contribution in [-0.2, 0) is 15.9 Å². The predicted octanol–water partition coefficient (Wildman–Crippen LogP) is 3.88. The van der Waals surface area contributed by atoms with E-state index >= 15 is 0 Å². The van der Waals surface area contributed by atoms with Crippen molar-refractivity contribution in [3.63, 3.8) is 0 Å². The van der Waals surface area contributed by atoms with Crippen LogP contribution >= 0.6 is 0 Å². The highest BCUT2D eigenvalue weighted by Gasteiger charge is 2.07. The third-order valence-corrected chi connectivity index (χ3v) is 3.70. The van der Waals surface area contributed by atoms with E-state index in [0.29, 0.717) is 31.8 Å². The van der Waals surface area contributed by atoms with Crippen molar-refractivity contribution in [2.45, 2.75) is 19.8 Å². The summed E-state index contributed by atoms with van der Waals surface area (Å²) in [5.41, 5.74) is 2.71. The maximum atomic E-state index is 11.1. The molecule has 0 aliphatic heterocycles. The van der Waals surface area contributed by atoms with Gasteiger partial charge in [-0.3, -0.25) is 4.79 Å². The van der Waals surface area contributed by atoms with Gasteiger partial charge in [0.2, 0.25) is 0 Å². The standard InChI is InChI=1S/C21H26O5/c1-3-10-25-20-7-4-17(5-8-20)13-19-14-18(15-22)6-9-21(19)26-12-11-24-16-23-2/h4-9,14-15H,3,10-13,16H2,1-2H3. The van der Waals surface area contributed by atoms with Crippen LogP contribution < -0.4 is 9.47 Å². The van der Waals surface area contributed by atoms with Gasteiger partial charge in [-0.2, -0.15) is 0 Å². The van der Waals surface area contributed by atoms with Gasteiger partial charge in [-0.05, 0) is 47.9 Å². The van der Waals surface area contributed by atoms with Crippen LogP contribution in [0.1, 0.15) is 34.8 Å². The molecule has 0 aromatic heterocycles. The van der Waals surface area contributed by atoms with Crippen LogP contribution in [0.5, 0.6) is 11.5 Å². The van der Waals surface area contributed by atoms with Gasteiger partial charge in [-0.25, -0.2) is 0 Å². The number of hydrogen-bond donors (Lipinski definition) is 0. The van der Waals surface area contributed by atoms with Crippen molar-refractivity contribution in [2.24, 2.45) is 0 Å². The Balaban J connectivity index is 2.04. The minimum absolute atomic E-state index is 0.243. The molecule has 2 rings (SSSR count). The van der Waals surface area contributed by atoms with E-state index < -0.39 is 0 Å². The lowest BCUT2D eigenvalue weighted by molar-refractivity contribution is -0.0388. The first-order chi connectivity index (χ1) is 12.8. The molecule has 0 heterocycles. The molecule has 140 valence electrons. The van der Waals surface area contributed by atoms with Crippen LogP contribution in [0.4, 0.5) is 0 Å². The Morgan fingerprint density at radius 1 is 0.962 bits per heavy atom. The summed E-state index contributed by atoms with van der Waals surface area (Å²) < 4.78 is 21.5. The molecular formula is C21H26O5. The van der Waals surface area contributed by atoms with Gasteiger partial charge in [0.15, 0.2) is 0 Å². The molecule has 0 fully saturated rings. The fourth-order valence-corrected chi connectivity index (χ4v) is 2.45. The van der Waals surface area contributed by atoms with Gasteiger partial charge in [0, 0.05) is 19.1 Å². The number of hydrogen-bond acceptors (Lipinski definition) is 5. The van der Waals surface area contributed by atoms with Gasteiger partial charge < -0.3 is 18.9 Å². The largest absolute Gasteiger partial charge is 0.494 e. The average Bonchev–Trinajstić information content (AvgIpc) is 2.68. The number of carbonyl (C=O) groups excluding carboxylic acids is 1. The third-order valence-electron chi connectivity index (χ3n) is 3.70. The van der Waals surface area contributed by atoms with Crippen LogP contribution in [0, 0.1) is 0 Å². The van der Waals surface area contributed by atoms with E-state index in [4.69, 9.17) is 18.9 Å². The van der Waals surface area contributed by atoms with Crippen molar-refractivity contribution in [3.05, 3.63) is 59.2 Å². The van der Waals surface area contributed by atoms with Crippen LogP contribution in [0.2, 0.25) is 0 Å². The second-order valence-electron chi connectivity index (χ2n) is 5.82. The molecule has 0 saturated heterocycles. The lowest BCUT2D eigenvalue weighted by Gasteiger charge is -2.13. The van der Waals surface area contributed by atoms with Crippen molar-refractivity contribution in [2.75, 3.05) is 33.7 Å². The number of carbonyl (C=O) groups is 1. The van der Waals surface area contributed by atoms with E-state index in [2.05, 4.69) is 6.92 Å². The van der Waals surface area contributed by atoms with E-state index in [1.165, 1.54) is 0 Å². The summed E-state index contributed by atoms with van der Waals surface area (Å²) >= 11 is 0. The van der Waals surface area contributed by atoms with Crippen LogP contribution in [-0.4, -0.2) is 40.0 Å². The normalized spacial score (nSPS) is 10.5. The molecular weight excluding hydrogens is 332 g/mol. The number of rotatable bonds is 12. The van der Waals surface area contributed by atoms with Gasteiger partial charge in [0.05, 0.1) is 13.2 Å². The van der Waals surface area contributed by atoms with Crippen molar-refractivity contribution < 1.29 is 23.7 Å². The van der Waals surface area contributed by atoms with Crippen LogP contribution in [0.3, 0.4) is 0 Å². The summed E-state index contributed by atoms with van der Waals surface area (Å²) in [4.78, 5) is 11.1. The summed E-state index contributed by atoms with van der Waals surface area (Å²) in [6.45, 7) is 3.89. The molecule has 0 unspecified atom stereocenters. The molecule has 0 aliphatic carbocycles. The maximum absolute atomic E-state index is 11.1. The van der Waals surface area contributed by atoms with E-state index in [1.807, 2.05) is 36.4 Å². The van der Waals surface area contributed by atoms with E-state index in [0.717, 1.165) is 35.3 Å². The van der Waals surface area contributed by atoms with Crippen LogP contribution in [0.25, 0.3) is 0 Å². The minimum Gasteiger partial charge on any atom is -0.494 e. The van der Waals surface area contributed by atoms with Gasteiger partial charge in [-0.15, -0.1) is 0 Å². The number of aldehydes is 1. The third kappa shape index (κ3) is 6.50. The fourth-order valence-electron chi connectivity index (χ4n) is 2.45. The van der Waals surface area contributed by atoms with E-state index in [-0.39, 0.29) is 6.79 Å². The SMILES string of the molecule is CCCOc1ccc(Cc2cc(C=O)ccc2OCCOCOC)cc1. The Morgan fingerprint density at radius 3 is 2.46 bits per heavy atom. The Bertz CT molecular complexity index is 667.